The van der Waals surface area contributed by atoms with Gasteiger partial charge in [-0.1, -0.05) is 6.07 Å². The second-order valence-electron chi connectivity index (χ2n) is 6.89. The molecule has 2 N–H and O–H groups in total. The van der Waals surface area contributed by atoms with Crippen molar-refractivity contribution in [3.8, 4) is 0 Å². The highest BCUT2D eigenvalue weighted by Crippen LogP contribution is 2.28. The Labute approximate surface area is 141 Å². The Kier molecular flexibility index (Phi) is 4.02. The van der Waals surface area contributed by atoms with Crippen LogP contribution < -0.4 is 5.32 Å². The molecule has 3 saturated heterocycles. The fraction of sp³-hybridized carbons (Fsp3) is 0.556. The molecule has 4 heterocycles. The summed E-state index contributed by atoms with van der Waals surface area (Å²) in [6.07, 6.45) is 2.53. The zero-order valence-electron chi connectivity index (χ0n) is 14.0. The molecule has 0 aliphatic carbocycles. The highest BCUT2D eigenvalue weighted by molar-refractivity contribution is 6.03. The van der Waals surface area contributed by atoms with E-state index in [4.69, 9.17) is 0 Å². The summed E-state index contributed by atoms with van der Waals surface area (Å²) in [5.74, 6) is -0.145. The molecule has 0 radical (unpaired) electrons. The van der Waals surface area contributed by atoms with Gasteiger partial charge in [-0.25, -0.2) is 4.79 Å². The molecular weight excluding hydrogens is 304 g/mol. The van der Waals surface area contributed by atoms with Gasteiger partial charge in [0.1, 0.15) is 0 Å². The third-order valence-corrected chi connectivity index (χ3v) is 5.57. The molecule has 24 heavy (non-hydrogen) atoms. The van der Waals surface area contributed by atoms with Crippen molar-refractivity contribution in [2.75, 3.05) is 19.6 Å². The van der Waals surface area contributed by atoms with Gasteiger partial charge < -0.3 is 15.3 Å². The maximum absolute atomic E-state index is 11.6. The lowest BCUT2D eigenvalue weighted by Crippen LogP contribution is -2.55. The first-order valence-corrected chi connectivity index (χ1v) is 8.84. The lowest BCUT2D eigenvalue weighted by Gasteiger charge is -2.45. The van der Waals surface area contributed by atoms with Gasteiger partial charge in [0, 0.05) is 31.1 Å². The van der Waals surface area contributed by atoms with Crippen molar-refractivity contribution in [3.63, 3.8) is 0 Å². The first-order chi connectivity index (χ1) is 11.7. The van der Waals surface area contributed by atoms with Crippen LogP contribution in [-0.4, -0.2) is 51.4 Å². The Morgan fingerprint density at radius 3 is 2.79 bits per heavy atom. The Hall–Kier alpha value is -1.92. The molecule has 3 aliphatic rings. The minimum absolute atomic E-state index is 0.345. The molecular formula is C18H24N4O2. The van der Waals surface area contributed by atoms with Crippen molar-refractivity contribution >= 4 is 16.9 Å². The summed E-state index contributed by atoms with van der Waals surface area (Å²) in [5, 5.41) is 18.6. The number of benzene rings is 1. The Bertz CT molecular complexity index is 762. The predicted molar refractivity (Wildman–Crippen MR) is 92.2 cm³/mol. The number of carboxylic acids is 1. The maximum Gasteiger partial charge on any atom is 0.336 e. The van der Waals surface area contributed by atoms with Crippen LogP contribution in [0.15, 0.2) is 18.2 Å². The number of hydrogen-bond acceptors (Lipinski definition) is 4. The number of carbonyl (C=O) groups is 1. The number of aryl methyl sites for hydroxylation is 1. The van der Waals surface area contributed by atoms with E-state index >= 15 is 0 Å². The molecule has 3 aliphatic heterocycles. The predicted octanol–water partition coefficient (Wildman–Crippen LogP) is 1.94. The number of fused-ring (bicyclic) bond motifs is 4. The molecule has 6 heteroatoms. The number of carboxylic acid groups (broad SMARTS) is 1. The van der Waals surface area contributed by atoms with Crippen LogP contribution in [0, 0.1) is 5.92 Å². The van der Waals surface area contributed by atoms with Crippen molar-refractivity contribution < 1.29 is 9.90 Å². The third kappa shape index (κ3) is 2.59. The van der Waals surface area contributed by atoms with Crippen molar-refractivity contribution in [1.29, 1.82) is 0 Å². The fourth-order valence-electron chi connectivity index (χ4n) is 4.28. The first kappa shape index (κ1) is 15.6. The van der Waals surface area contributed by atoms with Crippen molar-refractivity contribution in [3.05, 3.63) is 29.5 Å². The van der Waals surface area contributed by atoms with Crippen molar-refractivity contribution in [2.24, 2.45) is 5.92 Å². The lowest BCUT2D eigenvalue weighted by atomic mass is 9.84. The van der Waals surface area contributed by atoms with Gasteiger partial charge in [0.2, 0.25) is 0 Å². The van der Waals surface area contributed by atoms with Crippen LogP contribution in [0.1, 0.15) is 35.8 Å². The van der Waals surface area contributed by atoms with Gasteiger partial charge in [-0.15, -0.1) is 0 Å². The van der Waals surface area contributed by atoms with Gasteiger partial charge in [0.15, 0.2) is 0 Å². The average Bonchev–Trinajstić information content (AvgIpc) is 2.99. The average molecular weight is 328 g/mol. The minimum Gasteiger partial charge on any atom is -0.478 e. The maximum atomic E-state index is 11.6. The standard InChI is InChI=1S/C18H24N4O2/c1-2-22-16-5-3-4-13(18(23)24)17(16)14(20-22)10-19-15-11-21-8-6-12(15)7-9-21/h3-5,12,15,19H,2,6-11H2,1H3,(H,23,24). The molecule has 1 unspecified atom stereocenters. The molecule has 2 bridgehead atoms. The molecule has 3 fully saturated rings. The normalized spacial score (nSPS) is 26.1. The van der Waals surface area contributed by atoms with Crippen LogP contribution >= 0.6 is 0 Å². The molecule has 1 aromatic heterocycles. The second-order valence-corrected chi connectivity index (χ2v) is 6.89. The van der Waals surface area contributed by atoms with E-state index in [1.165, 1.54) is 25.9 Å². The van der Waals surface area contributed by atoms with E-state index in [0.29, 0.717) is 18.2 Å². The van der Waals surface area contributed by atoms with Gasteiger partial charge >= 0.3 is 5.97 Å². The third-order valence-electron chi connectivity index (χ3n) is 5.57. The van der Waals surface area contributed by atoms with E-state index in [1.54, 1.807) is 12.1 Å². The van der Waals surface area contributed by atoms with Crippen LogP contribution in [0.4, 0.5) is 0 Å². The number of aromatic nitrogens is 2. The number of nitrogens with zero attached hydrogens (tertiary/aromatic N) is 3. The monoisotopic (exact) mass is 328 g/mol. The zero-order valence-corrected chi connectivity index (χ0v) is 14.0. The van der Waals surface area contributed by atoms with Crippen molar-refractivity contribution in [2.45, 2.75) is 38.9 Å². The lowest BCUT2D eigenvalue weighted by molar-refractivity contribution is 0.0698. The molecule has 128 valence electrons. The Morgan fingerprint density at radius 2 is 2.17 bits per heavy atom. The molecule has 6 nitrogen and oxygen atoms in total. The number of hydrogen-bond donors (Lipinski definition) is 2. The van der Waals surface area contributed by atoms with E-state index < -0.39 is 5.97 Å². The summed E-state index contributed by atoms with van der Waals surface area (Å²) >= 11 is 0. The van der Waals surface area contributed by atoms with E-state index in [1.807, 2.05) is 17.7 Å². The van der Waals surface area contributed by atoms with Crippen LogP contribution in [0.5, 0.6) is 0 Å². The van der Waals surface area contributed by atoms with Crippen molar-refractivity contribution in [1.82, 2.24) is 20.0 Å². The van der Waals surface area contributed by atoms with E-state index in [2.05, 4.69) is 15.3 Å². The summed E-state index contributed by atoms with van der Waals surface area (Å²) in [6.45, 7) is 6.94. The summed E-state index contributed by atoms with van der Waals surface area (Å²) in [7, 11) is 0. The van der Waals surface area contributed by atoms with Gasteiger partial charge in [0.05, 0.1) is 16.8 Å². The molecule has 1 aromatic carbocycles. The largest absolute Gasteiger partial charge is 0.478 e. The van der Waals surface area contributed by atoms with E-state index in [9.17, 15) is 9.90 Å². The highest BCUT2D eigenvalue weighted by atomic mass is 16.4. The SMILES string of the molecule is CCn1nc(CNC2CN3CCC2CC3)c2c(C(=O)O)cccc21. The van der Waals surface area contributed by atoms with Gasteiger partial charge in [-0.05, 0) is 50.9 Å². The van der Waals surface area contributed by atoms with Crippen LogP contribution in [-0.2, 0) is 13.1 Å². The van der Waals surface area contributed by atoms with Gasteiger partial charge in [0.25, 0.3) is 0 Å². The second kappa shape index (κ2) is 6.18. The number of piperidine rings is 3. The van der Waals surface area contributed by atoms with E-state index in [0.717, 1.165) is 35.6 Å². The Balaban J connectivity index is 1.62. The minimum atomic E-state index is -0.889. The molecule has 1 atom stereocenters. The molecule has 5 rings (SSSR count). The fourth-order valence-corrected chi connectivity index (χ4v) is 4.28. The molecule has 2 aromatic rings. The zero-order chi connectivity index (χ0) is 16.7. The smallest absolute Gasteiger partial charge is 0.336 e. The number of nitrogens with one attached hydrogen (secondary N) is 1. The first-order valence-electron chi connectivity index (χ1n) is 8.84. The molecule has 0 saturated carbocycles. The molecule has 0 amide bonds. The van der Waals surface area contributed by atoms with Crippen LogP contribution in [0.3, 0.4) is 0 Å². The molecule has 0 spiro atoms. The summed E-state index contributed by atoms with van der Waals surface area (Å²) < 4.78 is 1.90. The number of aromatic carboxylic acids is 1. The quantitative estimate of drug-likeness (QED) is 0.878. The Morgan fingerprint density at radius 1 is 1.38 bits per heavy atom. The van der Waals surface area contributed by atoms with Crippen LogP contribution in [0.25, 0.3) is 10.9 Å². The van der Waals surface area contributed by atoms with Crippen LogP contribution in [0.2, 0.25) is 0 Å². The highest BCUT2D eigenvalue weighted by Gasteiger charge is 2.33. The topological polar surface area (TPSA) is 70.4 Å². The van der Waals surface area contributed by atoms with Gasteiger partial charge in [-0.2, -0.15) is 5.10 Å². The summed E-state index contributed by atoms with van der Waals surface area (Å²) in [5.41, 5.74) is 2.10. The summed E-state index contributed by atoms with van der Waals surface area (Å²) in [6, 6.07) is 5.91. The van der Waals surface area contributed by atoms with E-state index in [-0.39, 0.29) is 0 Å². The summed E-state index contributed by atoms with van der Waals surface area (Å²) in [4.78, 5) is 14.1. The van der Waals surface area contributed by atoms with Gasteiger partial charge in [-0.3, -0.25) is 4.68 Å². The number of rotatable bonds is 5.